The van der Waals surface area contributed by atoms with Gasteiger partial charge in [0, 0.05) is 4.08 Å². The van der Waals surface area contributed by atoms with Gasteiger partial charge < -0.3 is 0 Å². The van der Waals surface area contributed by atoms with Crippen molar-refractivity contribution in [2.24, 2.45) is 5.18 Å². The van der Waals surface area contributed by atoms with E-state index in [0.717, 1.165) is 0 Å². The summed E-state index contributed by atoms with van der Waals surface area (Å²) in [6, 6.07) is 0. The smallest absolute Gasteiger partial charge is 0.113 e. The maximum atomic E-state index is 9.79. The second-order valence-electron chi connectivity index (χ2n) is 1.24. The summed E-state index contributed by atoms with van der Waals surface area (Å²) in [6.07, 6.45) is 3.60. The van der Waals surface area contributed by atoms with E-state index >= 15 is 0 Å². The standard InChI is InChI=1S/C5H4INO/c8-7-5-2-1-3-6-4-5/h1-4H. The van der Waals surface area contributed by atoms with Crippen molar-refractivity contribution in [1.29, 1.82) is 0 Å². The molecule has 0 aliphatic carbocycles. The van der Waals surface area contributed by atoms with Gasteiger partial charge in [0.1, 0.15) is 5.70 Å². The van der Waals surface area contributed by atoms with Gasteiger partial charge >= 0.3 is 0 Å². The minimum Gasteiger partial charge on any atom is -0.145 e. The fourth-order valence-corrected chi connectivity index (χ4v) is 1.71. The molecule has 1 rings (SSSR count). The number of halogens is 1. The fraction of sp³-hybridized carbons (Fsp3) is 0. The van der Waals surface area contributed by atoms with E-state index in [2.05, 4.69) is 9.19 Å². The second-order valence-corrected chi connectivity index (χ2v) is 3.30. The molecule has 0 aromatic heterocycles. The van der Waals surface area contributed by atoms with Crippen molar-refractivity contribution < 1.29 is 0 Å². The Kier molecular flexibility index (Phi) is 2.08. The molecular formula is C5H4INO. The van der Waals surface area contributed by atoms with Crippen LogP contribution in [0.1, 0.15) is 0 Å². The highest BCUT2D eigenvalue weighted by Crippen LogP contribution is 2.11. The van der Waals surface area contributed by atoms with Gasteiger partial charge in [-0.3, -0.25) is 0 Å². The Morgan fingerprint density at radius 2 is 2.50 bits per heavy atom. The van der Waals surface area contributed by atoms with Crippen molar-refractivity contribution in [2.45, 2.75) is 0 Å². The number of rotatable bonds is 1. The molecular weight excluding hydrogens is 217 g/mol. The highest BCUT2D eigenvalue weighted by atomic mass is 127. The summed E-state index contributed by atoms with van der Waals surface area (Å²) in [5.41, 5.74) is 0.584. The van der Waals surface area contributed by atoms with Gasteiger partial charge in [0.15, 0.2) is 0 Å². The van der Waals surface area contributed by atoms with E-state index in [-0.39, 0.29) is 20.7 Å². The minimum absolute atomic E-state index is 0.000548. The van der Waals surface area contributed by atoms with Crippen LogP contribution < -0.4 is 0 Å². The molecule has 42 valence electrons. The Bertz CT molecular complexity index is 181. The third kappa shape index (κ3) is 1.33. The lowest BCUT2D eigenvalue weighted by Gasteiger charge is -1.86. The van der Waals surface area contributed by atoms with Gasteiger partial charge in [-0.25, -0.2) is 0 Å². The predicted octanol–water partition coefficient (Wildman–Crippen LogP) is 1.94. The molecule has 0 aromatic rings. The molecule has 0 amide bonds. The highest BCUT2D eigenvalue weighted by molar-refractivity contribution is 14.2. The maximum absolute atomic E-state index is 9.79. The van der Waals surface area contributed by atoms with Gasteiger partial charge in [-0.05, 0) is 15.3 Å². The molecule has 1 heterocycles. The predicted molar refractivity (Wildman–Crippen MR) is 43.1 cm³/mol. The lowest BCUT2D eigenvalue weighted by molar-refractivity contribution is 1.41. The number of allylic oxidation sites excluding steroid dienone is 2. The Hall–Kier alpha value is -0.320. The van der Waals surface area contributed by atoms with Crippen molar-refractivity contribution in [3.63, 3.8) is 0 Å². The van der Waals surface area contributed by atoms with Crippen molar-refractivity contribution >= 4 is 24.7 Å². The Balaban J connectivity index is 2.82. The van der Waals surface area contributed by atoms with E-state index in [4.69, 9.17) is 0 Å². The SMILES string of the molecule is O=NC1=CI=CC=C1. The molecule has 2 nitrogen and oxygen atoms in total. The van der Waals surface area contributed by atoms with Crippen LogP contribution in [0.4, 0.5) is 0 Å². The number of hydrogen-bond donors (Lipinski definition) is 0. The van der Waals surface area contributed by atoms with Crippen molar-refractivity contribution in [3.8, 4) is 0 Å². The molecule has 0 bridgehead atoms. The molecule has 0 atom stereocenters. The molecule has 0 spiro atoms. The van der Waals surface area contributed by atoms with Crippen molar-refractivity contribution in [3.05, 3.63) is 26.8 Å². The van der Waals surface area contributed by atoms with Crippen molar-refractivity contribution in [2.75, 3.05) is 0 Å². The van der Waals surface area contributed by atoms with Crippen LogP contribution >= 0.6 is 20.7 Å². The van der Waals surface area contributed by atoms with Crippen LogP contribution in [0.3, 0.4) is 0 Å². The summed E-state index contributed by atoms with van der Waals surface area (Å²) in [6.45, 7) is 0. The highest BCUT2D eigenvalue weighted by Gasteiger charge is 1.88. The number of nitroso groups, excluding NO2 is 1. The zero-order valence-electron chi connectivity index (χ0n) is 4.04. The zero-order chi connectivity index (χ0) is 5.82. The summed E-state index contributed by atoms with van der Waals surface area (Å²) in [5.74, 6) is 0. The van der Waals surface area contributed by atoms with E-state index in [9.17, 15) is 4.91 Å². The van der Waals surface area contributed by atoms with Crippen LogP contribution in [-0.4, -0.2) is 4.01 Å². The van der Waals surface area contributed by atoms with Crippen LogP contribution in [0, 0.1) is 4.91 Å². The van der Waals surface area contributed by atoms with Crippen LogP contribution in [0.5, 0.6) is 0 Å². The van der Waals surface area contributed by atoms with Crippen LogP contribution in [0.2, 0.25) is 0 Å². The van der Waals surface area contributed by atoms with E-state index in [0.29, 0.717) is 5.70 Å². The third-order valence-electron chi connectivity index (χ3n) is 0.693. The number of hydrogen-bond acceptors (Lipinski definition) is 2. The Morgan fingerprint density at radius 1 is 1.62 bits per heavy atom. The lowest BCUT2D eigenvalue weighted by atomic mass is 10.4. The van der Waals surface area contributed by atoms with Gasteiger partial charge in [-0.1, -0.05) is 26.8 Å². The first-order chi connectivity index (χ1) is 3.93. The molecule has 1 aliphatic heterocycles. The fourth-order valence-electron chi connectivity index (χ4n) is 0.365. The van der Waals surface area contributed by atoms with Crippen LogP contribution in [-0.2, 0) is 0 Å². The van der Waals surface area contributed by atoms with E-state index in [1.807, 2.05) is 10.2 Å². The van der Waals surface area contributed by atoms with E-state index < -0.39 is 0 Å². The summed E-state index contributed by atoms with van der Waals surface area (Å²) in [5, 5.41) is 2.78. The first-order valence-corrected chi connectivity index (χ1v) is 4.58. The molecule has 3 heteroatoms. The van der Waals surface area contributed by atoms with E-state index in [1.165, 1.54) is 0 Å². The molecule has 0 N–H and O–H groups in total. The molecule has 0 saturated heterocycles. The van der Waals surface area contributed by atoms with E-state index in [1.54, 1.807) is 6.08 Å². The molecule has 8 heavy (non-hydrogen) atoms. The zero-order valence-corrected chi connectivity index (χ0v) is 6.20. The summed E-state index contributed by atoms with van der Waals surface area (Å²) in [4.78, 5) is 9.79. The topological polar surface area (TPSA) is 29.4 Å². The monoisotopic (exact) mass is 221 g/mol. The minimum atomic E-state index is 0.000548. The Morgan fingerprint density at radius 3 is 2.88 bits per heavy atom. The lowest BCUT2D eigenvalue weighted by Crippen LogP contribution is -1.70. The maximum Gasteiger partial charge on any atom is 0.113 e. The number of nitrogens with zero attached hydrogens (tertiary/aromatic N) is 1. The van der Waals surface area contributed by atoms with Gasteiger partial charge in [0.25, 0.3) is 0 Å². The molecule has 0 radical (unpaired) electrons. The molecule has 0 unspecified atom stereocenters. The van der Waals surface area contributed by atoms with Crippen LogP contribution in [0.15, 0.2) is 27.1 Å². The summed E-state index contributed by atoms with van der Waals surface area (Å²) >= 11 is 0.000548. The quantitative estimate of drug-likeness (QED) is 0.491. The first-order valence-electron chi connectivity index (χ1n) is 2.09. The van der Waals surface area contributed by atoms with Gasteiger partial charge in [0.05, 0.1) is 0 Å². The van der Waals surface area contributed by atoms with Crippen LogP contribution in [0.25, 0.3) is 0 Å². The third-order valence-corrected chi connectivity index (χ3v) is 2.52. The average molecular weight is 221 g/mol. The first kappa shape index (κ1) is 5.81. The Labute approximate surface area is 57.0 Å². The summed E-state index contributed by atoms with van der Waals surface area (Å²) in [7, 11) is 0. The molecule has 0 aromatic carbocycles. The average Bonchev–Trinajstić information content (AvgIpc) is 1.90. The molecule has 0 fully saturated rings. The van der Waals surface area contributed by atoms with Crippen molar-refractivity contribution in [1.82, 2.24) is 0 Å². The van der Waals surface area contributed by atoms with Gasteiger partial charge in [0.2, 0.25) is 0 Å². The van der Waals surface area contributed by atoms with Gasteiger partial charge in [-0.2, -0.15) is 0 Å². The largest absolute Gasteiger partial charge is 0.145 e. The second kappa shape index (κ2) is 2.86. The molecule has 0 saturated carbocycles. The molecule has 1 aliphatic rings. The van der Waals surface area contributed by atoms with Gasteiger partial charge in [-0.15, -0.1) is 4.91 Å². The normalized spacial score (nSPS) is 16.8. The summed E-state index contributed by atoms with van der Waals surface area (Å²) < 4.78 is 3.97.